The number of ether oxygens (including phenoxy) is 2. The molecule has 0 fully saturated rings. The summed E-state index contributed by atoms with van der Waals surface area (Å²) in [5.41, 5.74) is 1.64. The molecule has 2 N–H and O–H groups in total. The highest BCUT2D eigenvalue weighted by molar-refractivity contribution is 6.39. The van der Waals surface area contributed by atoms with Crippen molar-refractivity contribution in [2.75, 3.05) is 26.1 Å². The van der Waals surface area contributed by atoms with Gasteiger partial charge in [-0.2, -0.15) is 0 Å². The topological polar surface area (TPSA) is 114 Å². The molecule has 1 heterocycles. The molecule has 2 amide bonds. The van der Waals surface area contributed by atoms with E-state index in [1.165, 1.54) is 19.1 Å². The Balaban J connectivity index is 1.79. The number of rotatable bonds is 6. The van der Waals surface area contributed by atoms with Crippen LogP contribution in [-0.4, -0.2) is 47.4 Å². The molecule has 3 aromatic rings. The summed E-state index contributed by atoms with van der Waals surface area (Å²) < 4.78 is 10.5. The van der Waals surface area contributed by atoms with Gasteiger partial charge in [0.05, 0.1) is 31.7 Å². The number of carbonyl (C=O) groups excluding carboxylic acids is 2. The summed E-state index contributed by atoms with van der Waals surface area (Å²) in [6.45, 7) is 8.26. The summed E-state index contributed by atoms with van der Waals surface area (Å²) in [6.07, 6.45) is 0. The quantitative estimate of drug-likeness (QED) is 0.539. The molecule has 9 nitrogen and oxygen atoms in total. The number of aromatic amines is 1. The first-order chi connectivity index (χ1) is 16.1. The van der Waals surface area contributed by atoms with Crippen LogP contribution in [0, 0.1) is 0 Å². The Morgan fingerprint density at radius 1 is 1.06 bits per heavy atom. The van der Waals surface area contributed by atoms with Crippen LogP contribution in [0.3, 0.4) is 0 Å². The SMILES string of the molecule is CCN(Cc1nc2cc(OC)c(OC)cc2c(=O)[nH]1)C(=O)C(=O)Nc1ccc(C(C)(C)C)cc1. The molecule has 2 aromatic carbocycles. The van der Waals surface area contributed by atoms with Gasteiger partial charge in [-0.25, -0.2) is 4.98 Å². The molecule has 9 heteroatoms. The monoisotopic (exact) mass is 466 g/mol. The number of hydrogen-bond acceptors (Lipinski definition) is 6. The van der Waals surface area contributed by atoms with Crippen molar-refractivity contribution in [3.63, 3.8) is 0 Å². The second kappa shape index (κ2) is 9.94. The zero-order chi connectivity index (χ0) is 25.0. The van der Waals surface area contributed by atoms with Crippen molar-refractivity contribution >= 4 is 28.4 Å². The van der Waals surface area contributed by atoms with Gasteiger partial charge in [0.15, 0.2) is 11.5 Å². The molecule has 0 unspecified atom stereocenters. The molecule has 0 aliphatic rings. The number of amides is 2. The predicted molar refractivity (Wildman–Crippen MR) is 130 cm³/mol. The van der Waals surface area contributed by atoms with E-state index < -0.39 is 11.8 Å². The van der Waals surface area contributed by atoms with E-state index in [2.05, 4.69) is 36.1 Å². The molecular formula is C25H30N4O5. The van der Waals surface area contributed by atoms with Gasteiger partial charge in [0.2, 0.25) is 0 Å². The Hall–Kier alpha value is -3.88. The lowest BCUT2D eigenvalue weighted by Gasteiger charge is -2.21. The van der Waals surface area contributed by atoms with Crippen molar-refractivity contribution in [3.05, 3.63) is 58.1 Å². The summed E-state index contributed by atoms with van der Waals surface area (Å²) in [5, 5.41) is 2.96. The molecular weight excluding hydrogens is 436 g/mol. The van der Waals surface area contributed by atoms with Gasteiger partial charge in [-0.3, -0.25) is 14.4 Å². The maximum Gasteiger partial charge on any atom is 0.313 e. The molecule has 0 bridgehead atoms. The Morgan fingerprint density at radius 2 is 1.68 bits per heavy atom. The zero-order valence-electron chi connectivity index (χ0n) is 20.3. The van der Waals surface area contributed by atoms with Crippen LogP contribution in [0.25, 0.3) is 10.9 Å². The third-order valence-corrected chi connectivity index (χ3v) is 5.47. The van der Waals surface area contributed by atoms with Crippen molar-refractivity contribution in [1.29, 1.82) is 0 Å². The third-order valence-electron chi connectivity index (χ3n) is 5.47. The molecule has 0 aliphatic heterocycles. The lowest BCUT2D eigenvalue weighted by atomic mass is 9.87. The molecule has 0 saturated heterocycles. The molecule has 0 atom stereocenters. The second-order valence-electron chi connectivity index (χ2n) is 8.84. The summed E-state index contributed by atoms with van der Waals surface area (Å²) in [6, 6.07) is 10.5. The second-order valence-corrected chi connectivity index (χ2v) is 8.84. The van der Waals surface area contributed by atoms with E-state index in [4.69, 9.17) is 9.47 Å². The zero-order valence-corrected chi connectivity index (χ0v) is 20.3. The Kier molecular flexibility index (Phi) is 7.24. The molecule has 180 valence electrons. The average molecular weight is 467 g/mol. The maximum atomic E-state index is 12.8. The first kappa shape index (κ1) is 24.8. The molecule has 0 radical (unpaired) electrons. The highest BCUT2D eigenvalue weighted by Gasteiger charge is 2.23. The number of carbonyl (C=O) groups is 2. The smallest absolute Gasteiger partial charge is 0.313 e. The number of aromatic nitrogens is 2. The fourth-order valence-corrected chi connectivity index (χ4v) is 3.48. The van der Waals surface area contributed by atoms with Crippen molar-refractivity contribution in [1.82, 2.24) is 14.9 Å². The number of fused-ring (bicyclic) bond motifs is 1. The number of hydrogen-bond donors (Lipinski definition) is 2. The molecule has 0 spiro atoms. The van der Waals surface area contributed by atoms with Crippen LogP contribution in [0.1, 0.15) is 39.1 Å². The molecule has 1 aromatic heterocycles. The number of methoxy groups -OCH3 is 2. The average Bonchev–Trinajstić information content (AvgIpc) is 2.81. The first-order valence-corrected chi connectivity index (χ1v) is 10.9. The highest BCUT2D eigenvalue weighted by atomic mass is 16.5. The summed E-state index contributed by atoms with van der Waals surface area (Å²) in [7, 11) is 2.97. The summed E-state index contributed by atoms with van der Waals surface area (Å²) in [4.78, 5) is 46.4. The van der Waals surface area contributed by atoms with Crippen molar-refractivity contribution in [2.24, 2.45) is 0 Å². The van der Waals surface area contributed by atoms with Crippen molar-refractivity contribution < 1.29 is 19.1 Å². The van der Waals surface area contributed by atoms with E-state index in [1.54, 1.807) is 31.2 Å². The van der Waals surface area contributed by atoms with Crippen LogP contribution in [0.4, 0.5) is 5.69 Å². The number of anilines is 1. The molecule has 0 aliphatic carbocycles. The van der Waals surface area contributed by atoms with Gasteiger partial charge < -0.3 is 24.7 Å². The van der Waals surface area contributed by atoms with Crippen LogP contribution in [0.5, 0.6) is 11.5 Å². The molecule has 3 rings (SSSR count). The van der Waals surface area contributed by atoms with E-state index in [-0.39, 0.29) is 29.9 Å². The fourth-order valence-electron chi connectivity index (χ4n) is 3.48. The van der Waals surface area contributed by atoms with Gasteiger partial charge >= 0.3 is 11.8 Å². The lowest BCUT2D eigenvalue weighted by molar-refractivity contribution is -0.143. The number of benzene rings is 2. The lowest BCUT2D eigenvalue weighted by Crippen LogP contribution is -2.39. The fraction of sp³-hybridized carbons (Fsp3) is 0.360. The Morgan fingerprint density at radius 3 is 2.24 bits per heavy atom. The van der Waals surface area contributed by atoms with Gasteiger partial charge in [0.1, 0.15) is 5.82 Å². The highest BCUT2D eigenvalue weighted by Crippen LogP contribution is 2.30. The minimum absolute atomic E-state index is 0.0176. The number of likely N-dealkylation sites (N-methyl/N-ethyl adjacent to an activating group) is 1. The number of H-pyrrole nitrogens is 1. The normalized spacial score (nSPS) is 11.2. The molecule has 0 saturated carbocycles. The maximum absolute atomic E-state index is 12.8. The van der Waals surface area contributed by atoms with Crippen LogP contribution < -0.4 is 20.3 Å². The van der Waals surface area contributed by atoms with E-state index in [0.717, 1.165) is 5.56 Å². The van der Waals surface area contributed by atoms with E-state index in [0.29, 0.717) is 28.1 Å². The van der Waals surface area contributed by atoms with E-state index >= 15 is 0 Å². The van der Waals surface area contributed by atoms with Gasteiger partial charge in [-0.05, 0) is 36.1 Å². The Bertz CT molecular complexity index is 1260. The predicted octanol–water partition coefficient (Wildman–Crippen LogP) is 3.23. The minimum Gasteiger partial charge on any atom is -0.493 e. The Labute approximate surface area is 198 Å². The van der Waals surface area contributed by atoms with Crippen LogP contribution >= 0.6 is 0 Å². The standard InChI is InChI=1S/C25H30N4O5/c1-7-29(24(32)23(31)26-16-10-8-15(9-11-16)25(2,3)4)14-21-27-18-13-20(34-6)19(33-5)12-17(18)22(30)28-21/h8-13H,7,14H2,1-6H3,(H,26,31)(H,27,28,30). The van der Waals surface area contributed by atoms with Gasteiger partial charge in [-0.1, -0.05) is 32.9 Å². The molecule has 34 heavy (non-hydrogen) atoms. The van der Waals surface area contributed by atoms with Crippen LogP contribution in [0.15, 0.2) is 41.2 Å². The van der Waals surface area contributed by atoms with E-state index in [1.807, 2.05) is 12.1 Å². The number of nitrogens with zero attached hydrogens (tertiary/aromatic N) is 2. The van der Waals surface area contributed by atoms with Gasteiger partial charge in [-0.15, -0.1) is 0 Å². The third kappa shape index (κ3) is 5.36. The first-order valence-electron chi connectivity index (χ1n) is 10.9. The van der Waals surface area contributed by atoms with Gasteiger partial charge in [0, 0.05) is 18.3 Å². The van der Waals surface area contributed by atoms with E-state index in [9.17, 15) is 14.4 Å². The van der Waals surface area contributed by atoms with Crippen LogP contribution in [0.2, 0.25) is 0 Å². The summed E-state index contributed by atoms with van der Waals surface area (Å²) >= 11 is 0. The van der Waals surface area contributed by atoms with Crippen molar-refractivity contribution in [3.8, 4) is 11.5 Å². The van der Waals surface area contributed by atoms with Gasteiger partial charge in [0.25, 0.3) is 5.56 Å². The number of nitrogens with one attached hydrogen (secondary N) is 2. The van der Waals surface area contributed by atoms with Crippen molar-refractivity contribution in [2.45, 2.75) is 39.7 Å². The largest absolute Gasteiger partial charge is 0.493 e. The minimum atomic E-state index is -0.764. The summed E-state index contributed by atoms with van der Waals surface area (Å²) in [5.74, 6) is -0.397. The van der Waals surface area contributed by atoms with Crippen LogP contribution in [-0.2, 0) is 21.5 Å².